The van der Waals surface area contributed by atoms with Crippen LogP contribution in [0, 0.1) is 10.1 Å². The maximum atomic E-state index is 11.4. The Morgan fingerprint density at radius 1 is 0.812 bits per heavy atom. The van der Waals surface area contributed by atoms with Crippen molar-refractivity contribution >= 4 is 21.4 Å². The van der Waals surface area contributed by atoms with Gasteiger partial charge in [-0.15, -0.1) is 0 Å². The average molecular weight is 470 g/mol. The molecule has 3 N–H and O–H groups in total. The summed E-state index contributed by atoms with van der Waals surface area (Å²) in [7, 11) is -3.96. The number of rotatable bonds is 20. The normalized spacial score (nSPS) is 11.6. The van der Waals surface area contributed by atoms with Crippen LogP contribution in [0.1, 0.15) is 110 Å². The van der Waals surface area contributed by atoms with Crippen LogP contribution in [0.3, 0.4) is 0 Å². The Labute approximate surface area is 194 Å². The highest BCUT2D eigenvalue weighted by atomic mass is 32.2. The third kappa shape index (κ3) is 13.0. The predicted molar refractivity (Wildman–Crippen MR) is 133 cm³/mol. The summed E-state index contributed by atoms with van der Waals surface area (Å²) < 4.78 is 22.8. The zero-order valence-electron chi connectivity index (χ0n) is 19.8. The lowest BCUT2D eigenvalue weighted by molar-refractivity contribution is -0.384. The lowest BCUT2D eigenvalue weighted by Gasteiger charge is -2.08. The molecule has 0 aliphatic heterocycles. The van der Waals surface area contributed by atoms with Crippen LogP contribution in [0.15, 0.2) is 23.1 Å². The zero-order valence-corrected chi connectivity index (χ0v) is 20.6. The molecule has 184 valence electrons. The second-order valence-corrected chi connectivity index (χ2v) is 10.3. The van der Waals surface area contributed by atoms with Crippen LogP contribution in [0.5, 0.6) is 0 Å². The molecule has 8 heteroatoms. The second-order valence-electron chi connectivity index (χ2n) is 8.71. The number of unbranched alkanes of at least 4 members (excludes halogenated alkanes) is 15. The molecule has 1 aromatic carbocycles. The van der Waals surface area contributed by atoms with Gasteiger partial charge in [0.2, 0.25) is 10.0 Å². The van der Waals surface area contributed by atoms with Crippen molar-refractivity contribution in [3.63, 3.8) is 0 Å². The first-order valence-electron chi connectivity index (χ1n) is 12.4. The van der Waals surface area contributed by atoms with Crippen molar-refractivity contribution in [3.8, 4) is 0 Å². The van der Waals surface area contributed by atoms with Gasteiger partial charge in [0.15, 0.2) is 0 Å². The zero-order chi connectivity index (χ0) is 23.7. The van der Waals surface area contributed by atoms with Crippen molar-refractivity contribution in [2.75, 3.05) is 11.9 Å². The lowest BCUT2D eigenvalue weighted by atomic mass is 10.0. The van der Waals surface area contributed by atoms with Crippen molar-refractivity contribution in [2.24, 2.45) is 5.14 Å². The summed E-state index contributed by atoms with van der Waals surface area (Å²) in [5.41, 5.74) is 0.0522. The highest BCUT2D eigenvalue weighted by Gasteiger charge is 2.18. The number of nitro benzene ring substituents is 1. The SMILES string of the molecule is CCCCCCCCCCCCCCCCCCNc1ccc(S(N)(=O)=O)cc1[N+](=O)[O-]. The molecule has 0 bridgehead atoms. The summed E-state index contributed by atoms with van der Waals surface area (Å²) in [6.45, 7) is 2.88. The highest BCUT2D eigenvalue weighted by Crippen LogP contribution is 2.27. The maximum absolute atomic E-state index is 11.4. The van der Waals surface area contributed by atoms with Gasteiger partial charge in [-0.05, 0) is 18.6 Å². The van der Waals surface area contributed by atoms with E-state index in [4.69, 9.17) is 5.14 Å². The van der Waals surface area contributed by atoms with Crippen LogP contribution < -0.4 is 10.5 Å². The molecule has 0 fully saturated rings. The van der Waals surface area contributed by atoms with E-state index in [-0.39, 0.29) is 10.6 Å². The molecule has 1 aromatic rings. The van der Waals surface area contributed by atoms with Gasteiger partial charge in [0.05, 0.1) is 9.82 Å². The Kier molecular flexibility index (Phi) is 15.0. The molecule has 0 saturated heterocycles. The smallest absolute Gasteiger partial charge is 0.293 e. The van der Waals surface area contributed by atoms with Gasteiger partial charge in [-0.2, -0.15) is 0 Å². The minimum absolute atomic E-state index is 0.253. The van der Waals surface area contributed by atoms with E-state index >= 15 is 0 Å². The fourth-order valence-corrected chi connectivity index (χ4v) is 4.42. The Balaban J connectivity index is 2.03. The van der Waals surface area contributed by atoms with E-state index in [1.807, 2.05) is 0 Å². The molecule has 0 heterocycles. The van der Waals surface area contributed by atoms with E-state index in [9.17, 15) is 18.5 Å². The van der Waals surface area contributed by atoms with Gasteiger partial charge in [-0.3, -0.25) is 10.1 Å². The number of nitrogens with two attached hydrogens (primary N) is 1. The van der Waals surface area contributed by atoms with E-state index in [0.29, 0.717) is 12.2 Å². The largest absolute Gasteiger partial charge is 0.379 e. The van der Waals surface area contributed by atoms with E-state index in [1.165, 1.54) is 102 Å². The van der Waals surface area contributed by atoms with Gasteiger partial charge < -0.3 is 5.32 Å². The predicted octanol–water partition coefficient (Wildman–Crippen LogP) is 6.92. The molecule has 1 rings (SSSR count). The van der Waals surface area contributed by atoms with Gasteiger partial charge in [0.25, 0.3) is 5.69 Å². The van der Waals surface area contributed by atoms with Gasteiger partial charge in [0.1, 0.15) is 5.69 Å². The van der Waals surface area contributed by atoms with Crippen LogP contribution in [0.2, 0.25) is 0 Å². The highest BCUT2D eigenvalue weighted by molar-refractivity contribution is 7.89. The van der Waals surface area contributed by atoms with E-state index in [2.05, 4.69) is 12.2 Å². The molecular weight excluding hydrogens is 426 g/mol. The fourth-order valence-electron chi connectivity index (χ4n) is 3.89. The number of primary sulfonamides is 1. The maximum Gasteiger partial charge on any atom is 0.293 e. The molecule has 7 nitrogen and oxygen atoms in total. The number of sulfonamides is 1. The number of hydrogen-bond donors (Lipinski definition) is 2. The number of nitrogens with one attached hydrogen (secondary N) is 1. The van der Waals surface area contributed by atoms with E-state index in [1.54, 1.807) is 0 Å². The van der Waals surface area contributed by atoms with Gasteiger partial charge in [-0.25, -0.2) is 13.6 Å². The number of nitrogens with zero attached hydrogens (tertiary/aromatic N) is 1. The quantitative estimate of drug-likeness (QED) is 0.122. The lowest BCUT2D eigenvalue weighted by Crippen LogP contribution is -2.13. The monoisotopic (exact) mass is 469 g/mol. The van der Waals surface area contributed by atoms with Crippen LogP contribution in [0.25, 0.3) is 0 Å². The van der Waals surface area contributed by atoms with Crippen LogP contribution >= 0.6 is 0 Å². The summed E-state index contributed by atoms with van der Waals surface area (Å²) >= 11 is 0. The summed E-state index contributed by atoms with van der Waals surface area (Å²) in [6.07, 6.45) is 20.8. The molecule has 0 saturated carbocycles. The summed E-state index contributed by atoms with van der Waals surface area (Å²) in [5.74, 6) is 0. The average Bonchev–Trinajstić information content (AvgIpc) is 2.75. The van der Waals surface area contributed by atoms with Gasteiger partial charge in [-0.1, -0.05) is 103 Å². The Morgan fingerprint density at radius 3 is 1.66 bits per heavy atom. The number of nitro groups is 1. The fraction of sp³-hybridized carbons (Fsp3) is 0.750. The minimum atomic E-state index is -3.96. The van der Waals surface area contributed by atoms with Crippen molar-refractivity contribution in [1.29, 1.82) is 0 Å². The number of benzene rings is 1. The Hall–Kier alpha value is -1.67. The molecular formula is C24H43N3O4S. The first-order valence-corrected chi connectivity index (χ1v) is 14.0. The molecule has 0 aliphatic carbocycles. The molecule has 0 unspecified atom stereocenters. The summed E-state index contributed by atoms with van der Waals surface area (Å²) in [6, 6.07) is 3.70. The van der Waals surface area contributed by atoms with Crippen molar-refractivity contribution in [1.82, 2.24) is 0 Å². The molecule has 0 spiro atoms. The van der Waals surface area contributed by atoms with Crippen LogP contribution in [0.4, 0.5) is 11.4 Å². The molecule has 0 atom stereocenters. The summed E-state index contributed by atoms with van der Waals surface area (Å²) in [5, 5.41) is 19.3. The van der Waals surface area contributed by atoms with Gasteiger partial charge >= 0.3 is 0 Å². The van der Waals surface area contributed by atoms with Crippen molar-refractivity contribution in [2.45, 2.75) is 115 Å². The third-order valence-corrected chi connectivity index (χ3v) is 6.75. The molecule has 0 aliphatic rings. The van der Waals surface area contributed by atoms with Crippen molar-refractivity contribution in [3.05, 3.63) is 28.3 Å². The molecule has 0 radical (unpaired) electrons. The number of anilines is 1. The third-order valence-electron chi connectivity index (χ3n) is 5.84. The van der Waals surface area contributed by atoms with Crippen LogP contribution in [-0.2, 0) is 10.0 Å². The minimum Gasteiger partial charge on any atom is -0.379 e. The molecule has 0 aromatic heterocycles. The van der Waals surface area contributed by atoms with Gasteiger partial charge in [0, 0.05) is 12.6 Å². The standard InChI is InChI=1S/C24H43N3O4S/c1-2-3-4-5-6-7-8-9-10-11-12-13-14-15-16-17-20-26-23-19-18-22(32(25,30)31)21-24(23)27(28)29/h18-19,21,26H,2-17,20H2,1H3,(H2,25,30,31). The van der Waals surface area contributed by atoms with E-state index in [0.717, 1.165) is 18.9 Å². The summed E-state index contributed by atoms with van der Waals surface area (Å²) in [4.78, 5) is 10.4. The van der Waals surface area contributed by atoms with E-state index < -0.39 is 14.9 Å². The second kappa shape index (κ2) is 16.9. The first kappa shape index (κ1) is 28.4. The number of hydrogen-bond acceptors (Lipinski definition) is 5. The molecule has 32 heavy (non-hydrogen) atoms. The topological polar surface area (TPSA) is 115 Å². The van der Waals surface area contributed by atoms with Crippen molar-refractivity contribution < 1.29 is 13.3 Å². The van der Waals surface area contributed by atoms with Crippen LogP contribution in [-0.4, -0.2) is 19.9 Å². The Morgan fingerprint density at radius 2 is 1.25 bits per heavy atom. The molecule has 0 amide bonds. The first-order chi connectivity index (χ1) is 15.4. The Bertz CT molecular complexity index is 754.